The maximum Gasteiger partial charge on any atom is 0.227 e. The summed E-state index contributed by atoms with van der Waals surface area (Å²) in [6, 6.07) is 4.74. The highest BCUT2D eigenvalue weighted by Crippen LogP contribution is 2.26. The summed E-state index contributed by atoms with van der Waals surface area (Å²) >= 11 is 0. The van der Waals surface area contributed by atoms with Gasteiger partial charge in [-0.05, 0) is 18.2 Å². The molecule has 0 atom stereocenters. The summed E-state index contributed by atoms with van der Waals surface area (Å²) in [4.78, 5) is 11.2. The van der Waals surface area contributed by atoms with Crippen molar-refractivity contribution in [1.82, 2.24) is 4.57 Å². The van der Waals surface area contributed by atoms with Crippen LogP contribution in [0.1, 0.15) is 11.7 Å². The van der Waals surface area contributed by atoms with Gasteiger partial charge in [-0.15, -0.1) is 0 Å². The van der Waals surface area contributed by atoms with E-state index in [-0.39, 0.29) is 11.7 Å². The molecule has 0 unspecified atom stereocenters. The molecule has 15 heavy (non-hydrogen) atoms. The fourth-order valence-corrected chi connectivity index (χ4v) is 1.59. The van der Waals surface area contributed by atoms with Crippen molar-refractivity contribution in [3.63, 3.8) is 0 Å². The van der Waals surface area contributed by atoms with E-state index in [1.165, 1.54) is 24.7 Å². The lowest BCUT2D eigenvalue weighted by Gasteiger charge is -2.03. The summed E-state index contributed by atoms with van der Waals surface area (Å²) in [5.41, 5.74) is 0.556. The Hall–Kier alpha value is -1.84. The van der Waals surface area contributed by atoms with E-state index in [0.717, 1.165) is 0 Å². The van der Waals surface area contributed by atoms with Crippen molar-refractivity contribution in [2.24, 2.45) is 0 Å². The number of carbonyl (C=O) groups excluding carboxylic acids is 1. The van der Waals surface area contributed by atoms with E-state index in [4.69, 9.17) is 4.74 Å². The van der Waals surface area contributed by atoms with Crippen LogP contribution >= 0.6 is 0 Å². The van der Waals surface area contributed by atoms with Crippen LogP contribution in [-0.2, 0) is 0 Å². The zero-order valence-corrected chi connectivity index (χ0v) is 8.45. The van der Waals surface area contributed by atoms with E-state index in [0.29, 0.717) is 10.9 Å². The molecule has 0 amide bonds. The Kier molecular flexibility index (Phi) is 2.19. The second-order valence-corrected chi connectivity index (χ2v) is 3.22. The fourth-order valence-electron chi connectivity index (χ4n) is 1.59. The number of halogens is 1. The van der Waals surface area contributed by atoms with Gasteiger partial charge in [0, 0.05) is 18.5 Å². The van der Waals surface area contributed by atoms with Crippen molar-refractivity contribution in [3.8, 4) is 5.75 Å². The first kappa shape index (κ1) is 9.71. The number of fused-ring (bicyclic) bond motifs is 1. The van der Waals surface area contributed by atoms with Gasteiger partial charge in [-0.25, -0.2) is 4.39 Å². The molecule has 0 saturated heterocycles. The molecule has 4 heteroatoms. The highest BCUT2D eigenvalue weighted by Gasteiger charge is 2.11. The number of hydrogen-bond donors (Lipinski definition) is 0. The predicted molar refractivity (Wildman–Crippen MR) is 54.7 cm³/mol. The third kappa shape index (κ3) is 1.38. The third-order valence-corrected chi connectivity index (χ3v) is 2.33. The van der Waals surface area contributed by atoms with Gasteiger partial charge in [0.1, 0.15) is 0 Å². The highest BCUT2D eigenvalue weighted by molar-refractivity contribution is 5.92. The Morgan fingerprint density at radius 3 is 2.73 bits per heavy atom. The summed E-state index contributed by atoms with van der Waals surface area (Å²) in [7, 11) is 1.41. The molecule has 1 heterocycles. The van der Waals surface area contributed by atoms with Crippen molar-refractivity contribution < 1.29 is 13.9 Å². The number of hydrogen-bond acceptors (Lipinski definition) is 2. The van der Waals surface area contributed by atoms with Gasteiger partial charge < -0.3 is 4.74 Å². The van der Waals surface area contributed by atoms with E-state index in [1.807, 2.05) is 0 Å². The molecule has 0 N–H and O–H groups in total. The average Bonchev–Trinajstić information content (AvgIpc) is 2.62. The molecule has 2 rings (SSSR count). The van der Waals surface area contributed by atoms with Gasteiger partial charge in [0.25, 0.3) is 0 Å². The zero-order chi connectivity index (χ0) is 11.0. The highest BCUT2D eigenvalue weighted by atomic mass is 19.1. The number of methoxy groups -OCH3 is 1. The van der Waals surface area contributed by atoms with E-state index < -0.39 is 5.82 Å². The molecule has 0 aliphatic heterocycles. The molecule has 0 spiro atoms. The summed E-state index contributed by atoms with van der Waals surface area (Å²) in [5.74, 6) is -0.395. The van der Waals surface area contributed by atoms with Crippen LogP contribution in [0.4, 0.5) is 4.39 Å². The lowest BCUT2D eigenvalue weighted by molar-refractivity contribution is 0.0941. The molecule has 1 aromatic carbocycles. The molecule has 0 aliphatic rings. The van der Waals surface area contributed by atoms with Crippen molar-refractivity contribution in [3.05, 3.63) is 30.2 Å². The molecule has 3 nitrogen and oxygen atoms in total. The number of aromatic nitrogens is 1. The van der Waals surface area contributed by atoms with Crippen LogP contribution in [0.3, 0.4) is 0 Å². The molecule has 78 valence electrons. The minimum absolute atomic E-state index is 0.144. The maximum absolute atomic E-state index is 13.7. The van der Waals surface area contributed by atoms with Crippen LogP contribution in [0, 0.1) is 5.82 Å². The minimum atomic E-state index is -0.435. The van der Waals surface area contributed by atoms with Crippen LogP contribution < -0.4 is 4.74 Å². The molecule has 0 fully saturated rings. The van der Waals surface area contributed by atoms with Crippen LogP contribution in [0.15, 0.2) is 24.4 Å². The Balaban J connectivity index is 2.76. The van der Waals surface area contributed by atoms with Crippen LogP contribution in [-0.4, -0.2) is 17.6 Å². The molecule has 0 radical (unpaired) electrons. The Labute approximate surface area is 86.1 Å². The number of benzene rings is 1. The summed E-state index contributed by atoms with van der Waals surface area (Å²) in [6.07, 6.45) is 1.55. The molecular formula is C11H10FNO2. The van der Waals surface area contributed by atoms with Gasteiger partial charge in [-0.2, -0.15) is 0 Å². The van der Waals surface area contributed by atoms with Gasteiger partial charge in [0.05, 0.1) is 12.6 Å². The van der Waals surface area contributed by atoms with Crippen LogP contribution in [0.5, 0.6) is 5.75 Å². The quantitative estimate of drug-likeness (QED) is 0.719. The normalized spacial score (nSPS) is 10.6. The van der Waals surface area contributed by atoms with Crippen molar-refractivity contribution in [1.29, 1.82) is 0 Å². The van der Waals surface area contributed by atoms with Gasteiger partial charge in [0.2, 0.25) is 5.91 Å². The molecule has 1 aromatic heterocycles. The molecule has 0 saturated carbocycles. The summed E-state index contributed by atoms with van der Waals surface area (Å²) in [5, 5.41) is 0.393. The van der Waals surface area contributed by atoms with Crippen molar-refractivity contribution in [2.45, 2.75) is 6.92 Å². The third-order valence-electron chi connectivity index (χ3n) is 2.33. The molecule has 2 aromatic rings. The van der Waals surface area contributed by atoms with Gasteiger partial charge in [-0.3, -0.25) is 9.36 Å². The first-order valence-corrected chi connectivity index (χ1v) is 4.49. The second kappa shape index (κ2) is 3.38. The second-order valence-electron chi connectivity index (χ2n) is 3.22. The maximum atomic E-state index is 13.7. The van der Waals surface area contributed by atoms with Crippen LogP contribution in [0.25, 0.3) is 10.9 Å². The van der Waals surface area contributed by atoms with Gasteiger partial charge in [-0.1, -0.05) is 0 Å². The fraction of sp³-hybridized carbons (Fsp3) is 0.182. The number of nitrogens with zero attached hydrogens (tertiary/aromatic N) is 1. The number of rotatable bonds is 1. The minimum Gasteiger partial charge on any atom is -0.494 e. The monoisotopic (exact) mass is 207 g/mol. The Morgan fingerprint density at radius 1 is 1.40 bits per heavy atom. The molecule has 0 bridgehead atoms. The van der Waals surface area contributed by atoms with E-state index in [9.17, 15) is 9.18 Å². The van der Waals surface area contributed by atoms with Gasteiger partial charge >= 0.3 is 0 Å². The van der Waals surface area contributed by atoms with E-state index in [1.54, 1.807) is 18.3 Å². The Bertz CT molecular complexity index is 531. The van der Waals surface area contributed by atoms with E-state index >= 15 is 0 Å². The lowest BCUT2D eigenvalue weighted by atomic mass is 10.2. The molecular weight excluding hydrogens is 197 g/mol. The zero-order valence-electron chi connectivity index (χ0n) is 8.45. The topological polar surface area (TPSA) is 31.2 Å². The number of ether oxygens (including phenoxy) is 1. The average molecular weight is 207 g/mol. The van der Waals surface area contributed by atoms with Crippen molar-refractivity contribution >= 4 is 16.8 Å². The Morgan fingerprint density at radius 2 is 2.13 bits per heavy atom. The van der Waals surface area contributed by atoms with E-state index in [2.05, 4.69) is 0 Å². The first-order valence-electron chi connectivity index (χ1n) is 4.49. The largest absolute Gasteiger partial charge is 0.494 e. The van der Waals surface area contributed by atoms with Gasteiger partial charge in [0.15, 0.2) is 11.6 Å². The summed E-state index contributed by atoms with van der Waals surface area (Å²) < 4.78 is 20.0. The molecule has 0 aliphatic carbocycles. The van der Waals surface area contributed by atoms with Crippen LogP contribution in [0.2, 0.25) is 0 Å². The number of carbonyl (C=O) groups is 1. The predicted octanol–water partition coefficient (Wildman–Crippen LogP) is 2.45. The summed E-state index contributed by atoms with van der Waals surface area (Å²) in [6.45, 7) is 1.43. The first-order chi connectivity index (χ1) is 7.15. The smallest absolute Gasteiger partial charge is 0.227 e. The SMILES string of the molecule is COc1ccc2c(ccn2C(C)=O)c1F. The standard InChI is InChI=1S/C11H10FNO2/c1-7(14)13-6-5-8-9(13)3-4-10(15-2)11(8)12/h3-6H,1-2H3. The van der Waals surface area contributed by atoms with Crippen molar-refractivity contribution in [2.75, 3.05) is 7.11 Å². The lowest BCUT2D eigenvalue weighted by Crippen LogP contribution is -2.03.